The van der Waals surface area contributed by atoms with E-state index in [0.29, 0.717) is 18.2 Å². The molecule has 0 amide bonds. The number of imidazole rings is 1. The summed E-state index contributed by atoms with van der Waals surface area (Å²) in [7, 11) is 0. The molecule has 0 spiro atoms. The van der Waals surface area contributed by atoms with E-state index in [9.17, 15) is 0 Å². The van der Waals surface area contributed by atoms with Gasteiger partial charge in [-0.15, -0.1) is 0 Å². The summed E-state index contributed by atoms with van der Waals surface area (Å²) in [6.45, 7) is 2.29. The van der Waals surface area contributed by atoms with Crippen molar-refractivity contribution in [3.8, 4) is 17.1 Å². The summed E-state index contributed by atoms with van der Waals surface area (Å²) in [5.74, 6) is 2.51. The maximum atomic E-state index is 6.31. The molecule has 128 valence electrons. The minimum Gasteiger partial charge on any atom is -0.310 e. The van der Waals surface area contributed by atoms with Crippen LogP contribution in [0, 0.1) is 5.92 Å². The minimum atomic E-state index is 0.505. The molecule has 1 N–H and O–H groups in total. The molecule has 1 saturated carbocycles. The molecule has 25 heavy (non-hydrogen) atoms. The van der Waals surface area contributed by atoms with E-state index >= 15 is 0 Å². The van der Waals surface area contributed by atoms with Gasteiger partial charge in [-0.1, -0.05) is 27.5 Å². The third kappa shape index (κ3) is 2.80. The second-order valence-electron chi connectivity index (χ2n) is 6.60. The molecule has 5 rings (SSSR count). The molecule has 1 aliphatic heterocycles. The number of benzene rings is 1. The second-order valence-corrected chi connectivity index (χ2v) is 7.87. The topological polar surface area (TPSA) is 60.6 Å². The highest BCUT2D eigenvalue weighted by atomic mass is 79.9. The van der Waals surface area contributed by atoms with Crippen molar-refractivity contribution in [1.82, 2.24) is 29.6 Å². The molecule has 0 bridgehead atoms. The molecular formula is C17H16BrClN6. The van der Waals surface area contributed by atoms with Crippen LogP contribution in [-0.4, -0.2) is 30.9 Å². The Morgan fingerprint density at radius 2 is 2.20 bits per heavy atom. The van der Waals surface area contributed by atoms with Crippen LogP contribution < -0.4 is 5.32 Å². The number of halogens is 2. The van der Waals surface area contributed by atoms with Gasteiger partial charge in [-0.05, 0) is 43.5 Å². The van der Waals surface area contributed by atoms with Crippen molar-refractivity contribution in [3.63, 3.8) is 0 Å². The van der Waals surface area contributed by atoms with Crippen molar-refractivity contribution < 1.29 is 0 Å². The summed E-state index contributed by atoms with van der Waals surface area (Å²) in [6.07, 6.45) is 4.43. The van der Waals surface area contributed by atoms with Crippen LogP contribution in [0.2, 0.25) is 5.15 Å². The zero-order valence-corrected chi connectivity index (χ0v) is 15.8. The van der Waals surface area contributed by atoms with E-state index in [1.807, 2.05) is 15.3 Å². The fourth-order valence-electron chi connectivity index (χ4n) is 3.22. The van der Waals surface area contributed by atoms with E-state index in [2.05, 4.69) is 38.4 Å². The zero-order valence-electron chi connectivity index (χ0n) is 13.4. The van der Waals surface area contributed by atoms with E-state index in [1.54, 1.807) is 6.33 Å². The Morgan fingerprint density at radius 1 is 1.32 bits per heavy atom. The largest absolute Gasteiger partial charge is 0.310 e. The molecule has 2 aliphatic rings. The first kappa shape index (κ1) is 15.5. The normalized spacial score (nSPS) is 15.4. The number of nitrogens with zero attached hydrogens (tertiary/aromatic N) is 5. The van der Waals surface area contributed by atoms with Gasteiger partial charge in [0.1, 0.15) is 6.33 Å². The molecule has 2 aromatic heterocycles. The Hall–Kier alpha value is -1.70. The molecule has 0 saturated heterocycles. The Balaban J connectivity index is 1.58. The van der Waals surface area contributed by atoms with Gasteiger partial charge in [0.15, 0.2) is 16.8 Å². The monoisotopic (exact) mass is 418 g/mol. The maximum Gasteiger partial charge on any atom is 0.165 e. The lowest BCUT2D eigenvalue weighted by atomic mass is 10.1. The van der Waals surface area contributed by atoms with Gasteiger partial charge in [0.05, 0.1) is 24.5 Å². The number of rotatable bonds is 4. The van der Waals surface area contributed by atoms with Gasteiger partial charge in [-0.3, -0.25) is 4.57 Å². The Labute approximate surface area is 158 Å². The van der Waals surface area contributed by atoms with Gasteiger partial charge in [0.25, 0.3) is 0 Å². The molecule has 1 aromatic carbocycles. The molecule has 0 unspecified atom stereocenters. The summed E-state index contributed by atoms with van der Waals surface area (Å²) in [5.41, 5.74) is 2.95. The van der Waals surface area contributed by atoms with Gasteiger partial charge in [-0.2, -0.15) is 5.10 Å². The average Bonchev–Trinajstić information content (AvgIpc) is 3.26. The fourth-order valence-corrected chi connectivity index (χ4v) is 3.78. The van der Waals surface area contributed by atoms with Gasteiger partial charge in [-0.25, -0.2) is 14.6 Å². The molecule has 3 heterocycles. The fraction of sp³-hybridized carbons (Fsp3) is 0.353. The van der Waals surface area contributed by atoms with Crippen LogP contribution >= 0.6 is 27.5 Å². The summed E-state index contributed by atoms with van der Waals surface area (Å²) in [6, 6.07) is 6.14. The molecule has 6 nitrogen and oxygen atoms in total. The van der Waals surface area contributed by atoms with Gasteiger partial charge < -0.3 is 5.32 Å². The third-order valence-corrected chi connectivity index (χ3v) is 5.51. The minimum absolute atomic E-state index is 0.505. The lowest BCUT2D eigenvalue weighted by Gasteiger charge is -2.08. The first-order chi connectivity index (χ1) is 12.2. The van der Waals surface area contributed by atoms with Crippen LogP contribution in [-0.2, 0) is 13.1 Å². The number of fused-ring (bicyclic) bond motifs is 5. The average molecular weight is 420 g/mol. The van der Waals surface area contributed by atoms with Crippen molar-refractivity contribution >= 4 is 27.5 Å². The highest BCUT2D eigenvalue weighted by Crippen LogP contribution is 2.34. The van der Waals surface area contributed by atoms with Crippen molar-refractivity contribution in [2.24, 2.45) is 5.92 Å². The number of aromatic nitrogens is 5. The molecule has 8 heteroatoms. The number of hydrogen-bond donors (Lipinski definition) is 1. The number of nitrogens with one attached hydrogen (secondary N) is 1. The van der Waals surface area contributed by atoms with Crippen LogP contribution in [0.4, 0.5) is 0 Å². The van der Waals surface area contributed by atoms with E-state index in [1.165, 1.54) is 12.8 Å². The van der Waals surface area contributed by atoms with E-state index in [4.69, 9.17) is 21.7 Å². The third-order valence-electron chi connectivity index (χ3n) is 4.70. The van der Waals surface area contributed by atoms with Crippen LogP contribution in [0.15, 0.2) is 29.0 Å². The van der Waals surface area contributed by atoms with Crippen LogP contribution in [0.1, 0.15) is 24.4 Å². The summed E-state index contributed by atoms with van der Waals surface area (Å²) < 4.78 is 4.95. The Kier molecular flexibility index (Phi) is 3.69. The van der Waals surface area contributed by atoms with Crippen molar-refractivity contribution in [2.45, 2.75) is 25.9 Å². The van der Waals surface area contributed by atoms with Crippen LogP contribution in [0.25, 0.3) is 17.1 Å². The van der Waals surface area contributed by atoms with Crippen LogP contribution in [0.5, 0.6) is 0 Å². The lowest BCUT2D eigenvalue weighted by Crippen LogP contribution is -2.17. The SMILES string of the molecule is Clc1ncn2c1Cn1nc(CNCC3CC3)nc1-c1cc(Br)ccc1-2. The summed E-state index contributed by atoms with van der Waals surface area (Å²) in [5, 5.41) is 8.67. The zero-order chi connectivity index (χ0) is 17.0. The standard InChI is InChI=1S/C17H16BrClN6/c18-11-3-4-13-12(5-11)17-22-15(7-20-6-10-1-2-10)23-25(17)8-14-16(19)21-9-24(13)14/h3-5,9-10,20H,1-2,6-8H2. The highest BCUT2D eigenvalue weighted by molar-refractivity contribution is 9.10. The first-order valence-electron chi connectivity index (χ1n) is 8.35. The molecule has 3 aromatic rings. The number of hydrogen-bond acceptors (Lipinski definition) is 4. The predicted molar refractivity (Wildman–Crippen MR) is 98.8 cm³/mol. The molecule has 1 aliphatic carbocycles. The van der Waals surface area contributed by atoms with Crippen molar-refractivity contribution in [1.29, 1.82) is 0 Å². The molecule has 0 atom stereocenters. The first-order valence-corrected chi connectivity index (χ1v) is 9.52. The second kappa shape index (κ2) is 5.93. The Bertz CT molecular complexity index is 958. The van der Waals surface area contributed by atoms with Gasteiger partial charge >= 0.3 is 0 Å². The highest BCUT2D eigenvalue weighted by Gasteiger charge is 2.25. The van der Waals surface area contributed by atoms with E-state index < -0.39 is 0 Å². The van der Waals surface area contributed by atoms with E-state index in [0.717, 1.165) is 45.5 Å². The predicted octanol–water partition coefficient (Wildman–Crippen LogP) is 3.41. The summed E-state index contributed by atoms with van der Waals surface area (Å²) >= 11 is 9.88. The molecule has 1 fully saturated rings. The van der Waals surface area contributed by atoms with Crippen LogP contribution in [0.3, 0.4) is 0 Å². The van der Waals surface area contributed by atoms with E-state index in [-0.39, 0.29) is 0 Å². The van der Waals surface area contributed by atoms with Crippen molar-refractivity contribution in [2.75, 3.05) is 6.54 Å². The van der Waals surface area contributed by atoms with Gasteiger partial charge in [0.2, 0.25) is 0 Å². The Morgan fingerprint density at radius 3 is 3.04 bits per heavy atom. The smallest absolute Gasteiger partial charge is 0.165 e. The van der Waals surface area contributed by atoms with Gasteiger partial charge in [0, 0.05) is 10.0 Å². The quantitative estimate of drug-likeness (QED) is 0.551. The van der Waals surface area contributed by atoms with Crippen molar-refractivity contribution in [3.05, 3.63) is 45.7 Å². The molecular weight excluding hydrogens is 404 g/mol. The summed E-state index contributed by atoms with van der Waals surface area (Å²) in [4.78, 5) is 9.05. The molecule has 0 radical (unpaired) electrons. The maximum absolute atomic E-state index is 6.31. The lowest BCUT2D eigenvalue weighted by molar-refractivity contribution is 0.603.